The van der Waals surface area contributed by atoms with Crippen LogP contribution in [-0.2, 0) is 0 Å². The lowest BCUT2D eigenvalue weighted by Crippen LogP contribution is -2.10. The molecular formula is C9H8ClIO2. The molecule has 0 saturated carbocycles. The van der Waals surface area contributed by atoms with E-state index in [4.69, 9.17) is 11.6 Å². The van der Waals surface area contributed by atoms with Gasteiger partial charge in [0, 0.05) is 3.57 Å². The summed E-state index contributed by atoms with van der Waals surface area (Å²) in [4.78, 5) is 11.4. The summed E-state index contributed by atoms with van der Waals surface area (Å²) in [6, 6.07) is 4.84. The van der Waals surface area contributed by atoms with Crippen molar-refractivity contribution in [3.8, 4) is 5.75 Å². The number of hydrogen-bond acceptors (Lipinski definition) is 2. The molecule has 13 heavy (non-hydrogen) atoms. The lowest BCUT2D eigenvalue weighted by molar-refractivity contribution is 0.0989. The van der Waals surface area contributed by atoms with Crippen LogP contribution in [0.5, 0.6) is 5.75 Å². The summed E-state index contributed by atoms with van der Waals surface area (Å²) in [5, 5.41) is 8.76. The summed E-state index contributed by atoms with van der Waals surface area (Å²) in [5.74, 6) is -0.268. The van der Waals surface area contributed by atoms with Crippen molar-refractivity contribution in [3.05, 3.63) is 27.3 Å². The van der Waals surface area contributed by atoms with Crippen LogP contribution >= 0.6 is 34.2 Å². The minimum atomic E-state index is -0.607. The first-order valence-corrected chi connectivity index (χ1v) is 5.20. The molecule has 1 unspecified atom stereocenters. The molecule has 70 valence electrons. The Morgan fingerprint density at radius 1 is 1.62 bits per heavy atom. The number of phenols is 1. The predicted octanol–water partition coefficient (Wildman–Crippen LogP) is 2.81. The topological polar surface area (TPSA) is 37.3 Å². The third-order valence-corrected chi connectivity index (χ3v) is 2.45. The summed E-state index contributed by atoms with van der Waals surface area (Å²) < 4.78 is 0.899. The van der Waals surface area contributed by atoms with Crippen LogP contribution in [0.2, 0.25) is 0 Å². The molecule has 0 aliphatic carbocycles. The molecule has 0 spiro atoms. The summed E-state index contributed by atoms with van der Waals surface area (Å²) in [5.41, 5.74) is 0.286. The fourth-order valence-corrected chi connectivity index (χ4v) is 1.53. The van der Waals surface area contributed by atoms with Crippen LogP contribution in [0, 0.1) is 3.57 Å². The highest BCUT2D eigenvalue weighted by molar-refractivity contribution is 14.1. The predicted molar refractivity (Wildman–Crippen MR) is 60.5 cm³/mol. The van der Waals surface area contributed by atoms with Crippen molar-refractivity contribution in [2.45, 2.75) is 12.3 Å². The van der Waals surface area contributed by atoms with Crippen LogP contribution in [0.3, 0.4) is 0 Å². The Balaban J connectivity index is 3.13. The first-order chi connectivity index (χ1) is 6.02. The normalized spacial score (nSPS) is 12.5. The number of phenolic OH excluding ortho intramolecular Hbond substituents is 1. The molecule has 2 nitrogen and oxygen atoms in total. The van der Waals surface area contributed by atoms with Crippen LogP contribution in [0.1, 0.15) is 17.3 Å². The quantitative estimate of drug-likeness (QED) is 0.518. The maximum Gasteiger partial charge on any atom is 0.184 e. The highest BCUT2D eigenvalue weighted by Gasteiger charge is 2.16. The number of Topliss-reactive ketones (excluding diaryl/α,β-unsaturated/α-hetero) is 1. The molecule has 0 radical (unpaired) electrons. The average molecular weight is 311 g/mol. The molecule has 0 saturated heterocycles. The third kappa shape index (κ3) is 2.57. The molecule has 0 aliphatic rings. The van der Waals surface area contributed by atoms with E-state index in [1.807, 2.05) is 0 Å². The van der Waals surface area contributed by atoms with Gasteiger partial charge in [0.05, 0.1) is 10.9 Å². The van der Waals surface area contributed by atoms with E-state index >= 15 is 0 Å². The number of rotatable bonds is 2. The maximum absolute atomic E-state index is 11.4. The Morgan fingerprint density at radius 2 is 2.23 bits per heavy atom. The first kappa shape index (κ1) is 10.8. The van der Waals surface area contributed by atoms with E-state index in [0.717, 1.165) is 3.57 Å². The molecule has 1 aromatic carbocycles. The number of carbonyl (C=O) groups excluding carboxylic acids is 1. The van der Waals surface area contributed by atoms with Crippen LogP contribution in [0.4, 0.5) is 0 Å². The summed E-state index contributed by atoms with van der Waals surface area (Å²) >= 11 is 7.70. The molecule has 1 aromatic rings. The monoisotopic (exact) mass is 310 g/mol. The van der Waals surface area contributed by atoms with E-state index in [-0.39, 0.29) is 17.1 Å². The van der Waals surface area contributed by atoms with Gasteiger partial charge in [-0.2, -0.15) is 0 Å². The van der Waals surface area contributed by atoms with E-state index in [1.54, 1.807) is 19.1 Å². The van der Waals surface area contributed by atoms with Gasteiger partial charge in [0.2, 0.25) is 0 Å². The highest BCUT2D eigenvalue weighted by atomic mass is 127. The Labute approximate surface area is 95.0 Å². The zero-order valence-corrected chi connectivity index (χ0v) is 9.83. The smallest absolute Gasteiger partial charge is 0.184 e. The fourth-order valence-electron chi connectivity index (χ4n) is 0.920. The standard InChI is InChI=1S/C9H8ClIO2/c1-5(10)9(13)7-4-6(11)2-3-8(7)12/h2-5,12H,1H3. The number of benzene rings is 1. The second-order valence-corrected chi connectivity index (χ2v) is 4.54. The number of hydrogen-bond donors (Lipinski definition) is 1. The van der Waals surface area contributed by atoms with E-state index in [2.05, 4.69) is 22.6 Å². The zero-order valence-electron chi connectivity index (χ0n) is 6.92. The molecule has 4 heteroatoms. The maximum atomic E-state index is 11.4. The van der Waals surface area contributed by atoms with Gasteiger partial charge >= 0.3 is 0 Å². The number of ketones is 1. The summed E-state index contributed by atoms with van der Waals surface area (Å²) in [6.45, 7) is 1.59. The summed E-state index contributed by atoms with van der Waals surface area (Å²) in [6.07, 6.45) is 0. The molecular weight excluding hydrogens is 302 g/mol. The van der Waals surface area contributed by atoms with Crippen molar-refractivity contribution in [2.24, 2.45) is 0 Å². The van der Waals surface area contributed by atoms with Gasteiger partial charge in [0.15, 0.2) is 5.78 Å². The summed E-state index contributed by atoms with van der Waals surface area (Å²) in [7, 11) is 0. The lowest BCUT2D eigenvalue weighted by Gasteiger charge is -2.05. The van der Waals surface area contributed by atoms with Crippen molar-refractivity contribution >= 4 is 40.0 Å². The van der Waals surface area contributed by atoms with E-state index in [1.165, 1.54) is 6.07 Å². The van der Waals surface area contributed by atoms with Gasteiger partial charge in [-0.1, -0.05) is 0 Å². The van der Waals surface area contributed by atoms with Gasteiger partial charge in [0.1, 0.15) is 5.75 Å². The van der Waals surface area contributed by atoms with Gasteiger partial charge in [-0.3, -0.25) is 4.79 Å². The number of carbonyl (C=O) groups is 1. The second kappa shape index (κ2) is 4.28. The molecule has 1 rings (SSSR count). The van der Waals surface area contributed by atoms with Crippen LogP contribution in [-0.4, -0.2) is 16.3 Å². The first-order valence-electron chi connectivity index (χ1n) is 3.69. The Hall–Kier alpha value is -0.290. The van der Waals surface area contributed by atoms with Gasteiger partial charge in [-0.15, -0.1) is 11.6 Å². The Kier molecular flexibility index (Phi) is 3.55. The van der Waals surface area contributed by atoms with Crippen LogP contribution in [0.25, 0.3) is 0 Å². The minimum absolute atomic E-state index is 0.0158. The third-order valence-electron chi connectivity index (χ3n) is 1.59. The van der Waals surface area contributed by atoms with E-state index < -0.39 is 5.38 Å². The van der Waals surface area contributed by atoms with Gasteiger partial charge in [0.25, 0.3) is 0 Å². The van der Waals surface area contributed by atoms with E-state index in [0.29, 0.717) is 0 Å². The molecule has 1 atom stereocenters. The number of alkyl halides is 1. The molecule has 1 N–H and O–H groups in total. The molecule has 0 aliphatic heterocycles. The van der Waals surface area contributed by atoms with Crippen molar-refractivity contribution in [1.29, 1.82) is 0 Å². The van der Waals surface area contributed by atoms with Gasteiger partial charge in [-0.05, 0) is 47.7 Å². The number of halogens is 2. The molecule has 0 bridgehead atoms. The second-order valence-electron chi connectivity index (χ2n) is 2.64. The van der Waals surface area contributed by atoms with Crippen molar-refractivity contribution < 1.29 is 9.90 Å². The highest BCUT2D eigenvalue weighted by Crippen LogP contribution is 2.22. The van der Waals surface area contributed by atoms with Gasteiger partial charge < -0.3 is 5.11 Å². The minimum Gasteiger partial charge on any atom is -0.507 e. The van der Waals surface area contributed by atoms with Crippen molar-refractivity contribution in [1.82, 2.24) is 0 Å². The molecule has 0 fully saturated rings. The molecule has 0 amide bonds. The Bertz CT molecular complexity index is 336. The average Bonchev–Trinajstić information content (AvgIpc) is 2.08. The zero-order chi connectivity index (χ0) is 10.0. The van der Waals surface area contributed by atoms with Crippen molar-refractivity contribution in [2.75, 3.05) is 0 Å². The Morgan fingerprint density at radius 3 is 2.77 bits per heavy atom. The van der Waals surface area contributed by atoms with Crippen molar-refractivity contribution in [3.63, 3.8) is 0 Å². The SMILES string of the molecule is CC(Cl)C(=O)c1cc(I)ccc1O. The lowest BCUT2D eigenvalue weighted by atomic mass is 10.1. The fraction of sp³-hybridized carbons (Fsp3) is 0.222. The van der Waals surface area contributed by atoms with Crippen LogP contribution < -0.4 is 0 Å². The largest absolute Gasteiger partial charge is 0.507 e. The number of aromatic hydroxyl groups is 1. The van der Waals surface area contributed by atoms with Gasteiger partial charge in [-0.25, -0.2) is 0 Å². The molecule has 0 aromatic heterocycles. The van der Waals surface area contributed by atoms with Crippen LogP contribution in [0.15, 0.2) is 18.2 Å². The molecule has 0 heterocycles. The van der Waals surface area contributed by atoms with E-state index in [9.17, 15) is 9.90 Å².